The summed E-state index contributed by atoms with van der Waals surface area (Å²) in [6.07, 6.45) is 0.0528. The number of hydrogen-bond donors (Lipinski definition) is 4. The predicted octanol–water partition coefficient (Wildman–Crippen LogP) is -1.52. The molecule has 66 valence electrons. The minimum Gasteiger partial charge on any atom is -0.392 e. The van der Waals surface area contributed by atoms with Crippen molar-refractivity contribution in [2.45, 2.75) is 19.2 Å². The minimum absolute atomic E-state index is 0.265. The zero-order valence-electron chi connectivity index (χ0n) is 6.93. The molecule has 0 amide bonds. The monoisotopic (exact) mass is 159 g/mol. The Bertz CT molecular complexity index is 102. The van der Waals surface area contributed by atoms with Crippen LogP contribution in [-0.2, 0) is 0 Å². The molecule has 0 aromatic carbocycles. The summed E-state index contributed by atoms with van der Waals surface area (Å²) >= 11 is 0. The van der Waals surface area contributed by atoms with Gasteiger partial charge < -0.3 is 10.4 Å². The van der Waals surface area contributed by atoms with E-state index in [0.29, 0.717) is 12.7 Å². The van der Waals surface area contributed by atoms with Crippen LogP contribution in [0, 0.1) is 0 Å². The van der Waals surface area contributed by atoms with Crippen LogP contribution in [0.2, 0.25) is 0 Å². The van der Waals surface area contributed by atoms with Crippen LogP contribution in [0.5, 0.6) is 0 Å². The predicted molar refractivity (Wildman–Crippen MR) is 44.3 cm³/mol. The Morgan fingerprint density at radius 3 is 3.00 bits per heavy atom. The van der Waals surface area contributed by atoms with Crippen molar-refractivity contribution in [3.8, 4) is 0 Å². The van der Waals surface area contributed by atoms with Crippen molar-refractivity contribution in [2.75, 3.05) is 26.2 Å². The van der Waals surface area contributed by atoms with E-state index in [-0.39, 0.29) is 6.10 Å². The molecule has 2 atom stereocenters. The molecule has 1 rings (SSSR count). The molecule has 4 nitrogen and oxygen atoms in total. The molecule has 1 fully saturated rings. The number of rotatable bonds is 3. The summed E-state index contributed by atoms with van der Waals surface area (Å²) in [7, 11) is 0. The Morgan fingerprint density at radius 2 is 2.45 bits per heavy atom. The molecule has 0 radical (unpaired) electrons. The Kier molecular flexibility index (Phi) is 3.79. The van der Waals surface area contributed by atoms with Gasteiger partial charge in [0.1, 0.15) is 0 Å². The van der Waals surface area contributed by atoms with Gasteiger partial charge in [0, 0.05) is 26.2 Å². The second kappa shape index (κ2) is 4.66. The molecular weight excluding hydrogens is 142 g/mol. The lowest BCUT2D eigenvalue weighted by molar-refractivity contribution is 0.180. The zero-order chi connectivity index (χ0) is 8.10. The first-order valence-corrected chi connectivity index (χ1v) is 4.14. The molecule has 0 aromatic rings. The van der Waals surface area contributed by atoms with Crippen LogP contribution in [0.3, 0.4) is 0 Å². The fraction of sp³-hybridized carbons (Fsp3) is 1.00. The first kappa shape index (κ1) is 8.93. The van der Waals surface area contributed by atoms with E-state index in [1.54, 1.807) is 6.92 Å². The van der Waals surface area contributed by atoms with Gasteiger partial charge >= 0.3 is 0 Å². The second-order valence-corrected chi connectivity index (χ2v) is 2.97. The van der Waals surface area contributed by atoms with E-state index in [9.17, 15) is 0 Å². The van der Waals surface area contributed by atoms with Gasteiger partial charge in [-0.05, 0) is 6.92 Å². The molecule has 1 aliphatic rings. The summed E-state index contributed by atoms with van der Waals surface area (Å²) in [4.78, 5) is 0. The van der Waals surface area contributed by atoms with E-state index in [1.165, 1.54) is 0 Å². The Balaban J connectivity index is 2.05. The highest BCUT2D eigenvalue weighted by Crippen LogP contribution is 1.83. The van der Waals surface area contributed by atoms with Crippen LogP contribution in [0.15, 0.2) is 0 Å². The smallest absolute Gasteiger partial charge is 0.0701 e. The Hall–Kier alpha value is -0.160. The molecule has 0 aromatic heterocycles. The lowest BCUT2D eigenvalue weighted by Crippen LogP contribution is -2.56. The highest BCUT2D eigenvalue weighted by atomic mass is 16.3. The van der Waals surface area contributed by atoms with Crippen LogP contribution < -0.4 is 16.0 Å². The third-order valence-electron chi connectivity index (χ3n) is 1.70. The van der Waals surface area contributed by atoms with Gasteiger partial charge in [0.05, 0.1) is 12.3 Å². The topological polar surface area (TPSA) is 56.3 Å². The van der Waals surface area contributed by atoms with Crippen LogP contribution in [0.4, 0.5) is 0 Å². The summed E-state index contributed by atoms with van der Waals surface area (Å²) in [5.74, 6) is 0. The maximum absolute atomic E-state index is 8.97. The molecule has 0 spiro atoms. The van der Waals surface area contributed by atoms with Crippen molar-refractivity contribution in [2.24, 2.45) is 0 Å². The summed E-state index contributed by atoms with van der Waals surface area (Å²) in [5, 5.41) is 18.7. The molecule has 2 unspecified atom stereocenters. The Morgan fingerprint density at radius 1 is 1.64 bits per heavy atom. The van der Waals surface area contributed by atoms with E-state index < -0.39 is 0 Å². The zero-order valence-corrected chi connectivity index (χ0v) is 6.93. The second-order valence-electron chi connectivity index (χ2n) is 2.97. The van der Waals surface area contributed by atoms with E-state index in [4.69, 9.17) is 5.11 Å². The first-order valence-electron chi connectivity index (χ1n) is 4.14. The molecule has 4 N–H and O–H groups in total. The highest BCUT2D eigenvalue weighted by Gasteiger charge is 2.10. The van der Waals surface area contributed by atoms with Crippen molar-refractivity contribution in [1.29, 1.82) is 0 Å². The maximum Gasteiger partial charge on any atom is 0.0701 e. The van der Waals surface area contributed by atoms with E-state index in [2.05, 4.69) is 16.0 Å². The van der Waals surface area contributed by atoms with Gasteiger partial charge in [0.15, 0.2) is 0 Å². The van der Waals surface area contributed by atoms with Crippen molar-refractivity contribution in [1.82, 2.24) is 16.0 Å². The average Bonchev–Trinajstić information content (AvgIpc) is 2.03. The van der Waals surface area contributed by atoms with Gasteiger partial charge in [-0.1, -0.05) is 0 Å². The molecular formula is C7H17N3O. The lowest BCUT2D eigenvalue weighted by atomic mass is 10.3. The van der Waals surface area contributed by atoms with Crippen LogP contribution in [0.1, 0.15) is 6.92 Å². The van der Waals surface area contributed by atoms with E-state index >= 15 is 0 Å². The van der Waals surface area contributed by atoms with Gasteiger partial charge in [0.2, 0.25) is 0 Å². The molecule has 1 saturated heterocycles. The van der Waals surface area contributed by atoms with Gasteiger partial charge in [-0.25, -0.2) is 0 Å². The van der Waals surface area contributed by atoms with Crippen LogP contribution in [0.25, 0.3) is 0 Å². The third kappa shape index (κ3) is 3.67. The summed E-state index contributed by atoms with van der Waals surface area (Å²) in [6, 6.07) is 0. The normalized spacial score (nSPS) is 28.4. The average molecular weight is 159 g/mol. The molecule has 4 heteroatoms. The molecule has 0 bridgehead atoms. The summed E-state index contributed by atoms with van der Waals surface area (Å²) in [6.45, 7) is 5.40. The number of aliphatic hydroxyl groups excluding tert-OH is 1. The first-order chi connectivity index (χ1) is 5.29. The van der Waals surface area contributed by atoms with Gasteiger partial charge in [-0.2, -0.15) is 0 Å². The van der Waals surface area contributed by atoms with Gasteiger partial charge in [-0.15, -0.1) is 0 Å². The number of aliphatic hydroxyl groups is 1. The maximum atomic E-state index is 8.97. The highest BCUT2D eigenvalue weighted by molar-refractivity contribution is 4.73. The van der Waals surface area contributed by atoms with Gasteiger partial charge in [-0.3, -0.25) is 10.6 Å². The van der Waals surface area contributed by atoms with Gasteiger partial charge in [0.25, 0.3) is 0 Å². The van der Waals surface area contributed by atoms with E-state index in [1.807, 2.05) is 0 Å². The standard InChI is InChI=1S/C7H17N3O/c1-6(11)4-10-7-5-8-2-3-9-7/h6-11H,2-5H2,1H3. The van der Waals surface area contributed by atoms with Crippen molar-refractivity contribution < 1.29 is 5.11 Å². The van der Waals surface area contributed by atoms with E-state index in [0.717, 1.165) is 19.6 Å². The third-order valence-corrected chi connectivity index (χ3v) is 1.70. The summed E-state index contributed by atoms with van der Waals surface area (Å²) < 4.78 is 0. The number of piperazine rings is 1. The fourth-order valence-corrected chi connectivity index (χ4v) is 1.11. The SMILES string of the molecule is CC(O)CNC1CNCCN1. The van der Waals surface area contributed by atoms with Crippen molar-refractivity contribution in [3.63, 3.8) is 0 Å². The molecule has 1 heterocycles. The number of nitrogens with one attached hydrogen (secondary N) is 3. The molecule has 0 saturated carbocycles. The lowest BCUT2D eigenvalue weighted by Gasteiger charge is -2.25. The van der Waals surface area contributed by atoms with Crippen LogP contribution >= 0.6 is 0 Å². The quantitative estimate of drug-likeness (QED) is 0.404. The van der Waals surface area contributed by atoms with Crippen LogP contribution in [-0.4, -0.2) is 43.6 Å². The molecule has 1 aliphatic heterocycles. The van der Waals surface area contributed by atoms with Crippen molar-refractivity contribution in [3.05, 3.63) is 0 Å². The fourth-order valence-electron chi connectivity index (χ4n) is 1.11. The molecule has 11 heavy (non-hydrogen) atoms. The van der Waals surface area contributed by atoms with Crippen molar-refractivity contribution >= 4 is 0 Å². The number of hydrogen-bond acceptors (Lipinski definition) is 4. The largest absolute Gasteiger partial charge is 0.392 e. The minimum atomic E-state index is -0.265. The Labute approximate surface area is 67.4 Å². The molecule has 0 aliphatic carbocycles. The summed E-state index contributed by atoms with van der Waals surface area (Å²) in [5.41, 5.74) is 0.